The van der Waals surface area contributed by atoms with Crippen molar-refractivity contribution >= 4 is 11.9 Å². The Morgan fingerprint density at radius 1 is 1.26 bits per heavy atom. The monoisotopic (exact) mass is 267 g/mol. The van der Waals surface area contributed by atoms with Gasteiger partial charge >= 0.3 is 6.01 Å². The minimum Gasteiger partial charge on any atom is -0.467 e. The molecule has 1 aromatic rings. The maximum atomic E-state index is 5.30. The van der Waals surface area contributed by atoms with E-state index in [2.05, 4.69) is 37.5 Å². The molecule has 0 bridgehead atoms. The third kappa shape index (κ3) is 3.65. The fraction of sp³-hybridized carbons (Fsp3) is 0.727. The molecule has 2 heterocycles. The highest BCUT2D eigenvalue weighted by Crippen LogP contribution is 2.13. The molecule has 0 saturated carbocycles. The van der Waals surface area contributed by atoms with Crippen molar-refractivity contribution in [2.45, 2.75) is 25.8 Å². The Labute approximate surface area is 112 Å². The van der Waals surface area contributed by atoms with Crippen LogP contribution in [0.5, 0.6) is 6.01 Å². The summed E-state index contributed by atoms with van der Waals surface area (Å²) in [5, 5.41) is 3.19. The molecule has 1 atom stereocenters. The number of anilines is 2. The van der Waals surface area contributed by atoms with Crippen LogP contribution in [0.4, 0.5) is 11.9 Å². The molecule has 0 amide bonds. The molecule has 2 rings (SSSR count). The summed E-state index contributed by atoms with van der Waals surface area (Å²) < 4.78 is 5.00. The van der Waals surface area contributed by atoms with Crippen molar-refractivity contribution in [3.8, 4) is 6.01 Å². The molecule has 19 heavy (non-hydrogen) atoms. The Balaban J connectivity index is 1.94. The van der Waals surface area contributed by atoms with Crippen LogP contribution >= 0.6 is 0 Å². The molecule has 1 fully saturated rings. The highest BCUT2D eigenvalue weighted by atomic mass is 16.5. The molecule has 1 aliphatic rings. The lowest BCUT2D eigenvalue weighted by atomic mass is 10.3. The van der Waals surface area contributed by atoms with E-state index in [4.69, 9.17) is 10.6 Å². The number of nitrogens with zero attached hydrogens (tertiary/aromatic N) is 4. The number of nitrogen functional groups attached to an aromatic ring is 1. The lowest BCUT2D eigenvalue weighted by molar-refractivity contribution is 0.269. The van der Waals surface area contributed by atoms with Crippen molar-refractivity contribution in [2.75, 3.05) is 37.5 Å². The largest absolute Gasteiger partial charge is 0.467 e. The van der Waals surface area contributed by atoms with E-state index in [0.29, 0.717) is 12.0 Å². The fourth-order valence-corrected chi connectivity index (χ4v) is 2.14. The lowest BCUT2D eigenvalue weighted by Gasteiger charge is -2.23. The van der Waals surface area contributed by atoms with Gasteiger partial charge in [0.1, 0.15) is 0 Å². The number of hydrazine groups is 1. The minimum atomic E-state index is 0.235. The van der Waals surface area contributed by atoms with Gasteiger partial charge in [-0.3, -0.25) is 10.3 Å². The van der Waals surface area contributed by atoms with Crippen LogP contribution in [0.15, 0.2) is 0 Å². The van der Waals surface area contributed by atoms with Crippen LogP contribution in [0, 0.1) is 0 Å². The van der Waals surface area contributed by atoms with E-state index in [9.17, 15) is 0 Å². The smallest absolute Gasteiger partial charge is 0.322 e. The molecule has 8 heteroatoms. The normalized spacial score (nSPS) is 17.2. The van der Waals surface area contributed by atoms with E-state index >= 15 is 0 Å². The van der Waals surface area contributed by atoms with E-state index in [0.717, 1.165) is 6.54 Å². The number of aromatic nitrogens is 3. The third-order valence-electron chi connectivity index (χ3n) is 3.25. The summed E-state index contributed by atoms with van der Waals surface area (Å²) in [7, 11) is 1.51. The zero-order chi connectivity index (χ0) is 13.7. The highest BCUT2D eigenvalue weighted by Gasteiger charge is 2.18. The van der Waals surface area contributed by atoms with Gasteiger partial charge in [-0.15, -0.1) is 0 Å². The topological polar surface area (TPSA) is 101 Å². The van der Waals surface area contributed by atoms with E-state index < -0.39 is 0 Å². The number of methoxy groups -OCH3 is 1. The number of hydrogen-bond acceptors (Lipinski definition) is 8. The first-order chi connectivity index (χ1) is 9.22. The van der Waals surface area contributed by atoms with Crippen molar-refractivity contribution in [1.29, 1.82) is 0 Å². The second-order valence-corrected chi connectivity index (χ2v) is 4.59. The molecule has 1 aromatic heterocycles. The first-order valence-electron chi connectivity index (χ1n) is 6.47. The molecular weight excluding hydrogens is 246 g/mol. The van der Waals surface area contributed by atoms with E-state index in [-0.39, 0.29) is 12.0 Å². The number of nitrogens with one attached hydrogen (secondary N) is 2. The molecule has 0 spiro atoms. The van der Waals surface area contributed by atoms with Crippen molar-refractivity contribution in [3.05, 3.63) is 0 Å². The van der Waals surface area contributed by atoms with Gasteiger partial charge in [0.25, 0.3) is 0 Å². The van der Waals surface area contributed by atoms with Crippen molar-refractivity contribution in [3.63, 3.8) is 0 Å². The summed E-state index contributed by atoms with van der Waals surface area (Å²) in [6.45, 7) is 5.30. The van der Waals surface area contributed by atoms with Crippen LogP contribution in [0.1, 0.15) is 19.8 Å². The predicted octanol–water partition coefficient (Wildman–Crippen LogP) is 0.0620. The number of likely N-dealkylation sites (tertiary alicyclic amines) is 1. The second kappa shape index (κ2) is 6.48. The standard InChI is InChI=1S/C11H21N7O/c1-8(18-5-3-4-6-18)7-13-9-14-10(17-12)16-11(15-9)19-2/h8H,3-7,12H2,1-2H3,(H2,13,14,15,16,17). The summed E-state index contributed by atoms with van der Waals surface area (Å²) in [6.07, 6.45) is 2.57. The average Bonchev–Trinajstić information content (AvgIpc) is 2.98. The molecule has 106 valence electrons. The summed E-state index contributed by atoms with van der Waals surface area (Å²) in [5.74, 6) is 6.05. The van der Waals surface area contributed by atoms with Crippen LogP contribution < -0.4 is 21.3 Å². The van der Waals surface area contributed by atoms with Gasteiger partial charge in [-0.05, 0) is 32.9 Å². The van der Waals surface area contributed by atoms with Crippen molar-refractivity contribution < 1.29 is 4.74 Å². The average molecular weight is 267 g/mol. The maximum absolute atomic E-state index is 5.30. The molecule has 0 aromatic carbocycles. The van der Waals surface area contributed by atoms with Crippen LogP contribution in [0.25, 0.3) is 0 Å². The zero-order valence-electron chi connectivity index (χ0n) is 11.4. The predicted molar refractivity (Wildman–Crippen MR) is 72.9 cm³/mol. The molecule has 0 aliphatic carbocycles. The number of ether oxygens (including phenoxy) is 1. The van der Waals surface area contributed by atoms with Gasteiger partial charge in [-0.25, -0.2) is 5.84 Å². The SMILES string of the molecule is COc1nc(NN)nc(NCC(C)N2CCCC2)n1. The molecule has 0 radical (unpaired) electrons. The first kappa shape index (κ1) is 13.8. The Kier molecular flexibility index (Phi) is 4.69. The van der Waals surface area contributed by atoms with E-state index in [1.165, 1.54) is 33.0 Å². The van der Waals surface area contributed by atoms with Crippen LogP contribution in [-0.2, 0) is 0 Å². The molecule has 1 saturated heterocycles. The Morgan fingerprint density at radius 3 is 2.58 bits per heavy atom. The van der Waals surface area contributed by atoms with Crippen molar-refractivity contribution in [1.82, 2.24) is 19.9 Å². The van der Waals surface area contributed by atoms with Crippen LogP contribution in [0.3, 0.4) is 0 Å². The lowest BCUT2D eigenvalue weighted by Crippen LogP contribution is -2.35. The van der Waals surface area contributed by atoms with Gasteiger partial charge in [0.2, 0.25) is 11.9 Å². The molecule has 8 nitrogen and oxygen atoms in total. The fourth-order valence-electron chi connectivity index (χ4n) is 2.14. The van der Waals surface area contributed by atoms with Gasteiger partial charge in [-0.2, -0.15) is 15.0 Å². The molecule has 1 aliphatic heterocycles. The van der Waals surface area contributed by atoms with Crippen molar-refractivity contribution in [2.24, 2.45) is 5.84 Å². The number of rotatable bonds is 6. The van der Waals surface area contributed by atoms with Gasteiger partial charge < -0.3 is 10.1 Å². The Hall–Kier alpha value is -1.67. The van der Waals surface area contributed by atoms with Gasteiger partial charge in [0, 0.05) is 12.6 Å². The first-order valence-corrected chi connectivity index (χ1v) is 6.47. The molecule has 4 N–H and O–H groups in total. The summed E-state index contributed by atoms with van der Waals surface area (Å²) in [4.78, 5) is 14.7. The number of nitrogens with two attached hydrogens (primary N) is 1. The van der Waals surface area contributed by atoms with Gasteiger partial charge in [0.05, 0.1) is 7.11 Å². The Bertz CT molecular complexity index is 386. The quantitative estimate of drug-likeness (QED) is 0.491. The zero-order valence-corrected chi connectivity index (χ0v) is 11.4. The van der Waals surface area contributed by atoms with Gasteiger partial charge in [0.15, 0.2) is 0 Å². The summed E-state index contributed by atoms with van der Waals surface area (Å²) in [6, 6.07) is 0.679. The second-order valence-electron chi connectivity index (χ2n) is 4.59. The third-order valence-corrected chi connectivity index (χ3v) is 3.25. The molecule has 1 unspecified atom stereocenters. The number of hydrogen-bond donors (Lipinski definition) is 3. The van der Waals surface area contributed by atoms with E-state index in [1.54, 1.807) is 0 Å². The summed E-state index contributed by atoms with van der Waals surface area (Å²) in [5.41, 5.74) is 2.39. The Morgan fingerprint density at radius 2 is 1.95 bits per heavy atom. The van der Waals surface area contributed by atoms with E-state index in [1.807, 2.05) is 0 Å². The summed E-state index contributed by atoms with van der Waals surface area (Å²) >= 11 is 0. The molecular formula is C11H21N7O. The minimum absolute atomic E-state index is 0.235. The van der Waals surface area contributed by atoms with Crippen LogP contribution in [0.2, 0.25) is 0 Å². The highest BCUT2D eigenvalue weighted by molar-refractivity contribution is 5.34. The van der Waals surface area contributed by atoms with Gasteiger partial charge in [-0.1, -0.05) is 0 Å². The maximum Gasteiger partial charge on any atom is 0.322 e. The van der Waals surface area contributed by atoms with Crippen LogP contribution in [-0.4, -0.2) is 52.6 Å².